The fourth-order valence-electron chi connectivity index (χ4n) is 1.05. The highest BCUT2D eigenvalue weighted by atomic mass is 32.1. The van der Waals surface area contributed by atoms with Crippen LogP contribution < -0.4 is 5.73 Å². The van der Waals surface area contributed by atoms with E-state index in [0.29, 0.717) is 5.82 Å². The highest BCUT2D eigenvalue weighted by Gasteiger charge is 2.01. The molecule has 0 aliphatic rings. The minimum Gasteiger partial charge on any atom is -0.384 e. The summed E-state index contributed by atoms with van der Waals surface area (Å²) in [4.78, 5) is 8.36. The summed E-state index contributed by atoms with van der Waals surface area (Å²) in [6.45, 7) is 1.99. The van der Waals surface area contributed by atoms with Gasteiger partial charge in [0.1, 0.15) is 5.82 Å². The smallest absolute Gasteiger partial charge is 0.123 e. The van der Waals surface area contributed by atoms with Gasteiger partial charge in [0, 0.05) is 17.1 Å². The van der Waals surface area contributed by atoms with Crippen LogP contribution in [0.2, 0.25) is 0 Å². The summed E-state index contributed by atoms with van der Waals surface area (Å²) in [6.07, 6.45) is 1.74. The zero-order valence-electron chi connectivity index (χ0n) is 7.19. The van der Waals surface area contributed by atoms with E-state index in [9.17, 15) is 0 Å². The monoisotopic (exact) mass is 191 g/mol. The normalized spacial score (nSPS) is 10.2. The van der Waals surface area contributed by atoms with E-state index >= 15 is 0 Å². The van der Waals surface area contributed by atoms with Crippen LogP contribution in [-0.2, 0) is 0 Å². The molecule has 2 N–H and O–H groups in total. The Bertz CT molecular complexity index is 405. The van der Waals surface area contributed by atoms with Crippen molar-refractivity contribution < 1.29 is 0 Å². The van der Waals surface area contributed by atoms with E-state index in [2.05, 4.69) is 9.97 Å². The van der Waals surface area contributed by atoms with Gasteiger partial charge >= 0.3 is 0 Å². The molecule has 4 heteroatoms. The number of thiazole rings is 1. The van der Waals surface area contributed by atoms with Gasteiger partial charge in [0.15, 0.2) is 0 Å². The standard InChI is InChI=1S/C9H9N3S/c1-6-12-8(5-13-6)7-2-3-9(10)11-4-7/h2-5H,1H3,(H2,10,11). The summed E-state index contributed by atoms with van der Waals surface area (Å²) >= 11 is 1.63. The molecule has 13 heavy (non-hydrogen) atoms. The number of pyridine rings is 1. The average molecular weight is 191 g/mol. The Balaban J connectivity index is 2.41. The maximum absolute atomic E-state index is 5.48. The molecule has 0 fully saturated rings. The van der Waals surface area contributed by atoms with Crippen LogP contribution in [0, 0.1) is 6.92 Å². The second kappa shape index (κ2) is 3.14. The molecular formula is C9H9N3S. The van der Waals surface area contributed by atoms with E-state index in [4.69, 9.17) is 5.73 Å². The largest absolute Gasteiger partial charge is 0.384 e. The number of hydrogen-bond donors (Lipinski definition) is 1. The molecule has 2 rings (SSSR count). The van der Waals surface area contributed by atoms with Gasteiger partial charge in [-0.1, -0.05) is 0 Å². The van der Waals surface area contributed by atoms with E-state index in [-0.39, 0.29) is 0 Å². The van der Waals surface area contributed by atoms with E-state index in [1.54, 1.807) is 23.6 Å². The molecular weight excluding hydrogens is 182 g/mol. The van der Waals surface area contributed by atoms with Crippen LogP contribution in [0.25, 0.3) is 11.3 Å². The number of aromatic nitrogens is 2. The van der Waals surface area contributed by atoms with Crippen LogP contribution in [0.1, 0.15) is 5.01 Å². The van der Waals surface area contributed by atoms with Gasteiger partial charge in [-0.3, -0.25) is 0 Å². The summed E-state index contributed by atoms with van der Waals surface area (Å²) < 4.78 is 0. The molecule has 0 bridgehead atoms. The predicted molar refractivity (Wildman–Crippen MR) is 54.5 cm³/mol. The van der Waals surface area contributed by atoms with E-state index in [0.717, 1.165) is 16.3 Å². The number of anilines is 1. The van der Waals surface area contributed by atoms with E-state index in [1.807, 2.05) is 18.4 Å². The van der Waals surface area contributed by atoms with Gasteiger partial charge in [-0.25, -0.2) is 9.97 Å². The van der Waals surface area contributed by atoms with Crippen LogP contribution in [0.15, 0.2) is 23.7 Å². The molecule has 0 aliphatic carbocycles. The van der Waals surface area contributed by atoms with Gasteiger partial charge in [-0.2, -0.15) is 0 Å². The lowest BCUT2D eigenvalue weighted by Crippen LogP contribution is -1.88. The fourth-order valence-corrected chi connectivity index (χ4v) is 1.67. The van der Waals surface area contributed by atoms with Gasteiger partial charge in [0.25, 0.3) is 0 Å². The summed E-state index contributed by atoms with van der Waals surface area (Å²) in [6, 6.07) is 3.71. The second-order valence-electron chi connectivity index (χ2n) is 2.72. The molecule has 0 atom stereocenters. The molecule has 66 valence electrons. The first-order valence-corrected chi connectivity index (χ1v) is 4.78. The van der Waals surface area contributed by atoms with Crippen molar-refractivity contribution >= 4 is 17.2 Å². The van der Waals surface area contributed by atoms with Crippen molar-refractivity contribution in [2.75, 3.05) is 5.73 Å². The summed E-state index contributed by atoms with van der Waals surface area (Å²) in [7, 11) is 0. The van der Waals surface area contributed by atoms with Crippen molar-refractivity contribution in [3.63, 3.8) is 0 Å². The van der Waals surface area contributed by atoms with Crippen molar-refractivity contribution in [2.24, 2.45) is 0 Å². The first-order valence-electron chi connectivity index (χ1n) is 3.90. The van der Waals surface area contributed by atoms with Crippen molar-refractivity contribution in [2.45, 2.75) is 6.92 Å². The Labute approximate surface area is 80.3 Å². The zero-order chi connectivity index (χ0) is 9.26. The maximum Gasteiger partial charge on any atom is 0.123 e. The molecule has 0 aliphatic heterocycles. The van der Waals surface area contributed by atoms with Gasteiger partial charge in [-0.05, 0) is 19.1 Å². The SMILES string of the molecule is Cc1nc(-c2ccc(N)nc2)cs1. The molecule has 0 spiro atoms. The second-order valence-corrected chi connectivity index (χ2v) is 3.79. The Morgan fingerprint density at radius 2 is 2.23 bits per heavy atom. The Morgan fingerprint density at radius 1 is 1.38 bits per heavy atom. The Hall–Kier alpha value is -1.42. The van der Waals surface area contributed by atoms with Crippen LogP contribution in [0.5, 0.6) is 0 Å². The number of rotatable bonds is 1. The molecule has 3 nitrogen and oxygen atoms in total. The number of nitrogens with zero attached hydrogens (tertiary/aromatic N) is 2. The molecule has 0 aromatic carbocycles. The minimum absolute atomic E-state index is 0.538. The molecule has 0 radical (unpaired) electrons. The Morgan fingerprint density at radius 3 is 2.77 bits per heavy atom. The maximum atomic E-state index is 5.48. The lowest BCUT2D eigenvalue weighted by atomic mass is 10.2. The third-order valence-electron chi connectivity index (χ3n) is 1.70. The van der Waals surface area contributed by atoms with Crippen LogP contribution in [0.3, 0.4) is 0 Å². The third kappa shape index (κ3) is 1.67. The molecule has 0 saturated carbocycles. The molecule has 0 unspecified atom stereocenters. The highest BCUT2D eigenvalue weighted by molar-refractivity contribution is 7.09. The summed E-state index contributed by atoms with van der Waals surface area (Å²) in [5, 5.41) is 3.08. The first kappa shape index (κ1) is 8.19. The lowest BCUT2D eigenvalue weighted by Gasteiger charge is -1.95. The molecule has 2 aromatic rings. The lowest BCUT2D eigenvalue weighted by molar-refractivity contribution is 1.27. The van der Waals surface area contributed by atoms with E-state index in [1.165, 1.54) is 0 Å². The molecule has 0 amide bonds. The highest BCUT2D eigenvalue weighted by Crippen LogP contribution is 2.20. The van der Waals surface area contributed by atoms with E-state index < -0.39 is 0 Å². The topological polar surface area (TPSA) is 51.8 Å². The average Bonchev–Trinajstić information content (AvgIpc) is 2.53. The number of nitrogens with two attached hydrogens (primary N) is 1. The Kier molecular flexibility index (Phi) is 1.98. The zero-order valence-corrected chi connectivity index (χ0v) is 8.01. The van der Waals surface area contributed by atoms with Gasteiger partial charge in [0.2, 0.25) is 0 Å². The molecule has 0 saturated heterocycles. The van der Waals surface area contributed by atoms with Crippen LogP contribution in [-0.4, -0.2) is 9.97 Å². The van der Waals surface area contributed by atoms with Gasteiger partial charge in [-0.15, -0.1) is 11.3 Å². The first-order chi connectivity index (χ1) is 6.25. The van der Waals surface area contributed by atoms with Crippen molar-refractivity contribution in [1.29, 1.82) is 0 Å². The molecule has 2 aromatic heterocycles. The summed E-state index contributed by atoms with van der Waals surface area (Å²) in [5.41, 5.74) is 7.46. The summed E-state index contributed by atoms with van der Waals surface area (Å²) in [5.74, 6) is 0.538. The van der Waals surface area contributed by atoms with Crippen molar-refractivity contribution in [1.82, 2.24) is 9.97 Å². The van der Waals surface area contributed by atoms with Gasteiger partial charge in [0.05, 0.1) is 10.7 Å². The van der Waals surface area contributed by atoms with Crippen molar-refractivity contribution in [3.05, 3.63) is 28.7 Å². The number of nitrogen functional groups attached to an aromatic ring is 1. The molecule has 2 heterocycles. The fraction of sp³-hybridized carbons (Fsp3) is 0.111. The van der Waals surface area contributed by atoms with Crippen LogP contribution in [0.4, 0.5) is 5.82 Å². The predicted octanol–water partition coefficient (Wildman–Crippen LogP) is 2.10. The third-order valence-corrected chi connectivity index (χ3v) is 2.47. The minimum atomic E-state index is 0.538. The number of aryl methyl sites for hydroxylation is 1. The van der Waals surface area contributed by atoms with Crippen LogP contribution >= 0.6 is 11.3 Å². The van der Waals surface area contributed by atoms with Gasteiger partial charge < -0.3 is 5.73 Å². The van der Waals surface area contributed by atoms with Crippen molar-refractivity contribution in [3.8, 4) is 11.3 Å². The number of hydrogen-bond acceptors (Lipinski definition) is 4. The quantitative estimate of drug-likeness (QED) is 0.751.